The highest BCUT2D eigenvalue weighted by atomic mass is 16.5. The molecule has 0 saturated carbocycles. The number of benzene rings is 1. The van der Waals surface area contributed by atoms with Crippen LogP contribution in [0, 0.1) is 23.7 Å². The van der Waals surface area contributed by atoms with Gasteiger partial charge in [0, 0.05) is 25.3 Å². The van der Waals surface area contributed by atoms with Crippen molar-refractivity contribution in [2.75, 3.05) is 40.6 Å². The summed E-state index contributed by atoms with van der Waals surface area (Å²) in [7, 11) is 3.23. The molecule has 166 valence electrons. The van der Waals surface area contributed by atoms with E-state index in [0.717, 1.165) is 22.3 Å². The van der Waals surface area contributed by atoms with Gasteiger partial charge < -0.3 is 29.2 Å². The molecule has 0 atom stereocenters. The quantitative estimate of drug-likeness (QED) is 0.448. The number of hydrogen-bond donors (Lipinski definition) is 2. The van der Waals surface area contributed by atoms with E-state index in [1.807, 2.05) is 12.1 Å². The lowest BCUT2D eigenvalue weighted by atomic mass is 9.97. The van der Waals surface area contributed by atoms with Crippen molar-refractivity contribution in [1.82, 2.24) is 0 Å². The van der Waals surface area contributed by atoms with Gasteiger partial charge in [-0.2, -0.15) is 0 Å². The Morgan fingerprint density at radius 3 is 1.37 bits per heavy atom. The lowest BCUT2D eigenvalue weighted by Gasteiger charge is -2.14. The predicted octanol–water partition coefficient (Wildman–Crippen LogP) is 2.26. The Kier molecular flexibility index (Phi) is 11.1. The van der Waals surface area contributed by atoms with Gasteiger partial charge in [-0.15, -0.1) is 0 Å². The van der Waals surface area contributed by atoms with E-state index in [1.165, 1.54) is 0 Å². The first-order valence-corrected chi connectivity index (χ1v) is 9.86. The summed E-state index contributed by atoms with van der Waals surface area (Å²) >= 11 is 0. The van der Waals surface area contributed by atoms with Crippen molar-refractivity contribution < 1.29 is 29.2 Å². The summed E-state index contributed by atoms with van der Waals surface area (Å²) in [6.07, 6.45) is 0. The van der Waals surface area contributed by atoms with Crippen LogP contribution in [0.4, 0.5) is 0 Å². The largest absolute Gasteiger partial charge is 0.382 e. The lowest BCUT2D eigenvalue weighted by molar-refractivity contribution is 0.0604. The van der Waals surface area contributed by atoms with Crippen LogP contribution in [0.15, 0.2) is 12.1 Å². The van der Waals surface area contributed by atoms with Gasteiger partial charge in [0.1, 0.15) is 11.2 Å². The molecule has 0 radical (unpaired) electrons. The molecule has 0 aromatic heterocycles. The maximum atomic E-state index is 10.0. The summed E-state index contributed by atoms with van der Waals surface area (Å²) in [5.41, 5.74) is 0.889. The van der Waals surface area contributed by atoms with Gasteiger partial charge >= 0.3 is 0 Å². The predicted molar refractivity (Wildman–Crippen MR) is 116 cm³/mol. The Morgan fingerprint density at radius 1 is 0.700 bits per heavy atom. The summed E-state index contributed by atoms with van der Waals surface area (Å²) in [4.78, 5) is 0. The third kappa shape index (κ3) is 11.3. The molecular weight excluding hydrogens is 384 g/mol. The normalized spacial score (nSPS) is 11.5. The van der Waals surface area contributed by atoms with Gasteiger partial charge in [-0.1, -0.05) is 23.7 Å². The van der Waals surface area contributed by atoms with Crippen LogP contribution in [0.3, 0.4) is 0 Å². The molecule has 0 aliphatic rings. The SMILES string of the molecule is COCCOCc1cc(C#CC(C)(C)O)c(COCCOC)cc1C#CC(C)(C)O. The molecule has 0 unspecified atom stereocenters. The van der Waals surface area contributed by atoms with Crippen LogP contribution in [0.5, 0.6) is 0 Å². The zero-order valence-electron chi connectivity index (χ0n) is 18.9. The van der Waals surface area contributed by atoms with E-state index < -0.39 is 11.2 Å². The molecule has 0 bridgehead atoms. The van der Waals surface area contributed by atoms with Crippen molar-refractivity contribution in [2.24, 2.45) is 0 Å². The minimum atomic E-state index is -1.12. The van der Waals surface area contributed by atoms with Crippen molar-refractivity contribution in [2.45, 2.75) is 52.1 Å². The molecule has 0 aliphatic heterocycles. The van der Waals surface area contributed by atoms with Crippen molar-refractivity contribution in [1.29, 1.82) is 0 Å². The Bertz CT molecular complexity index is 711. The van der Waals surface area contributed by atoms with Gasteiger partial charge in [0.25, 0.3) is 0 Å². The van der Waals surface area contributed by atoms with Crippen molar-refractivity contribution >= 4 is 0 Å². The third-order valence-electron chi connectivity index (χ3n) is 3.71. The van der Waals surface area contributed by atoms with Crippen molar-refractivity contribution in [3.8, 4) is 23.7 Å². The molecule has 6 heteroatoms. The molecule has 0 saturated heterocycles. The number of aliphatic hydroxyl groups is 2. The first kappa shape index (κ1) is 26.1. The molecule has 30 heavy (non-hydrogen) atoms. The summed E-state index contributed by atoms with van der Waals surface area (Å²) in [5, 5.41) is 20.0. The standard InChI is InChI=1S/C24H34O6/c1-23(2,25)9-7-19-15-22(18-30-14-12-28-6)20(8-10-24(3,4)26)16-21(19)17-29-13-11-27-5/h15-16,25-26H,11-14,17-18H2,1-6H3. The summed E-state index contributed by atoms with van der Waals surface area (Å²) in [6.45, 7) is 9.03. The van der Waals surface area contributed by atoms with Gasteiger partial charge in [0.15, 0.2) is 0 Å². The third-order valence-corrected chi connectivity index (χ3v) is 3.71. The summed E-state index contributed by atoms with van der Waals surface area (Å²) < 4.78 is 21.4. The number of ether oxygens (including phenoxy) is 4. The van der Waals surface area contributed by atoms with Gasteiger partial charge in [0.05, 0.1) is 39.6 Å². The van der Waals surface area contributed by atoms with Gasteiger partial charge in [-0.3, -0.25) is 0 Å². The maximum absolute atomic E-state index is 10.0. The second-order valence-corrected chi connectivity index (χ2v) is 7.88. The summed E-state index contributed by atoms with van der Waals surface area (Å²) in [6, 6.07) is 3.80. The maximum Gasteiger partial charge on any atom is 0.120 e. The van der Waals surface area contributed by atoms with E-state index in [2.05, 4.69) is 23.7 Å². The highest BCUT2D eigenvalue weighted by Gasteiger charge is 2.12. The van der Waals surface area contributed by atoms with Crippen LogP contribution in [-0.4, -0.2) is 62.1 Å². The minimum Gasteiger partial charge on any atom is -0.382 e. The van der Waals surface area contributed by atoms with Gasteiger partial charge in [0.2, 0.25) is 0 Å². The van der Waals surface area contributed by atoms with Crippen LogP contribution in [-0.2, 0) is 32.2 Å². The van der Waals surface area contributed by atoms with E-state index in [-0.39, 0.29) is 0 Å². The zero-order valence-corrected chi connectivity index (χ0v) is 18.9. The molecular formula is C24H34O6. The molecule has 0 heterocycles. The average molecular weight is 419 g/mol. The second kappa shape index (κ2) is 12.7. The Balaban J connectivity index is 3.35. The Labute approximate surface area is 180 Å². The van der Waals surface area contributed by atoms with E-state index in [4.69, 9.17) is 18.9 Å². The number of methoxy groups -OCH3 is 2. The van der Waals surface area contributed by atoms with Crippen LogP contribution < -0.4 is 0 Å². The van der Waals surface area contributed by atoms with Crippen molar-refractivity contribution in [3.05, 3.63) is 34.4 Å². The fourth-order valence-corrected chi connectivity index (χ4v) is 2.25. The smallest absolute Gasteiger partial charge is 0.120 e. The topological polar surface area (TPSA) is 77.4 Å². The van der Waals surface area contributed by atoms with E-state index in [0.29, 0.717) is 39.6 Å². The van der Waals surface area contributed by atoms with E-state index >= 15 is 0 Å². The second-order valence-electron chi connectivity index (χ2n) is 7.88. The van der Waals surface area contributed by atoms with Gasteiger partial charge in [-0.25, -0.2) is 0 Å². The summed E-state index contributed by atoms with van der Waals surface area (Å²) in [5.74, 6) is 11.8. The van der Waals surface area contributed by atoms with Crippen molar-refractivity contribution in [3.63, 3.8) is 0 Å². The van der Waals surface area contributed by atoms with Gasteiger partial charge in [-0.05, 0) is 51.0 Å². The van der Waals surface area contributed by atoms with E-state index in [1.54, 1.807) is 41.9 Å². The first-order valence-electron chi connectivity index (χ1n) is 9.86. The molecule has 0 amide bonds. The van der Waals surface area contributed by atoms with Crippen LogP contribution in [0.2, 0.25) is 0 Å². The zero-order chi connectivity index (χ0) is 22.6. The van der Waals surface area contributed by atoms with Crippen LogP contribution in [0.1, 0.15) is 49.9 Å². The molecule has 1 aromatic rings. The average Bonchev–Trinajstić information content (AvgIpc) is 2.65. The fraction of sp³-hybridized carbons (Fsp3) is 0.583. The Morgan fingerprint density at radius 2 is 1.07 bits per heavy atom. The molecule has 6 nitrogen and oxygen atoms in total. The molecule has 0 aliphatic carbocycles. The number of rotatable bonds is 10. The fourth-order valence-electron chi connectivity index (χ4n) is 2.25. The Hall–Kier alpha value is -1.90. The van der Waals surface area contributed by atoms with Crippen LogP contribution >= 0.6 is 0 Å². The first-order chi connectivity index (χ1) is 14.1. The molecule has 1 rings (SSSR count). The minimum absolute atomic E-state index is 0.321. The highest BCUT2D eigenvalue weighted by Crippen LogP contribution is 2.19. The molecule has 0 spiro atoms. The highest BCUT2D eigenvalue weighted by molar-refractivity contribution is 5.53. The monoisotopic (exact) mass is 418 g/mol. The van der Waals surface area contributed by atoms with Crippen LogP contribution in [0.25, 0.3) is 0 Å². The molecule has 0 fully saturated rings. The lowest BCUT2D eigenvalue weighted by Crippen LogP contribution is -2.15. The van der Waals surface area contributed by atoms with E-state index in [9.17, 15) is 10.2 Å². The molecule has 1 aromatic carbocycles. The molecule has 2 N–H and O–H groups in total. The number of hydrogen-bond acceptors (Lipinski definition) is 6.